The van der Waals surface area contributed by atoms with Crippen LogP contribution in [-0.2, 0) is 9.59 Å². The number of hydrogen-bond donors (Lipinski definition) is 2. The van der Waals surface area contributed by atoms with Gasteiger partial charge in [0.05, 0.1) is 0 Å². The summed E-state index contributed by atoms with van der Waals surface area (Å²) in [6.07, 6.45) is 1.74. The second kappa shape index (κ2) is 7.23. The van der Waals surface area contributed by atoms with E-state index in [1.54, 1.807) is 6.07 Å². The minimum atomic E-state index is -1.05. The topological polar surface area (TPSA) is 66.4 Å². The Morgan fingerprint density at radius 2 is 1.59 bits per heavy atom. The smallest absolute Gasteiger partial charge is 0.330 e. The van der Waals surface area contributed by atoms with Crippen molar-refractivity contribution in [1.29, 1.82) is 0 Å². The lowest BCUT2D eigenvalue weighted by molar-refractivity contribution is -0.143. The SMILES string of the molecule is O=C(O)C(NC(=O)C1CCC1c1ccccc1)c1cccc2ccccc12. The Bertz CT molecular complexity index is 978. The highest BCUT2D eigenvalue weighted by Gasteiger charge is 2.39. The van der Waals surface area contributed by atoms with E-state index in [2.05, 4.69) is 5.32 Å². The summed E-state index contributed by atoms with van der Waals surface area (Å²) in [6.45, 7) is 0. The molecule has 1 saturated carbocycles. The van der Waals surface area contributed by atoms with Gasteiger partial charge in [0.1, 0.15) is 0 Å². The molecule has 0 aromatic heterocycles. The van der Waals surface area contributed by atoms with Crippen LogP contribution in [0.4, 0.5) is 0 Å². The maximum absolute atomic E-state index is 12.9. The number of benzene rings is 3. The van der Waals surface area contributed by atoms with Gasteiger partial charge in [-0.2, -0.15) is 0 Å². The third-order valence-corrected chi connectivity index (χ3v) is 5.51. The van der Waals surface area contributed by atoms with E-state index in [9.17, 15) is 14.7 Å². The second-order valence-corrected chi connectivity index (χ2v) is 7.05. The zero-order chi connectivity index (χ0) is 18.8. The van der Waals surface area contributed by atoms with Crippen molar-refractivity contribution >= 4 is 22.6 Å². The summed E-state index contributed by atoms with van der Waals surface area (Å²) in [6, 6.07) is 22.1. The number of carbonyl (C=O) groups is 2. The number of hydrogen-bond acceptors (Lipinski definition) is 2. The maximum Gasteiger partial charge on any atom is 0.330 e. The van der Waals surface area contributed by atoms with Crippen molar-refractivity contribution in [2.24, 2.45) is 5.92 Å². The number of carbonyl (C=O) groups excluding carboxylic acids is 1. The van der Waals surface area contributed by atoms with E-state index in [0.29, 0.717) is 5.56 Å². The lowest BCUT2D eigenvalue weighted by Gasteiger charge is -2.36. The van der Waals surface area contributed by atoms with E-state index >= 15 is 0 Å². The third kappa shape index (κ3) is 3.31. The Kier molecular flexibility index (Phi) is 4.63. The molecule has 1 aliphatic rings. The van der Waals surface area contributed by atoms with Crippen molar-refractivity contribution < 1.29 is 14.7 Å². The van der Waals surface area contributed by atoms with Crippen LogP contribution in [0.25, 0.3) is 10.8 Å². The normalized spacial score (nSPS) is 19.9. The molecule has 4 nitrogen and oxygen atoms in total. The molecule has 4 rings (SSSR count). The lowest BCUT2D eigenvalue weighted by Crippen LogP contribution is -2.43. The molecular weight excluding hydrogens is 338 g/mol. The molecule has 3 atom stereocenters. The molecule has 0 bridgehead atoms. The van der Waals surface area contributed by atoms with E-state index in [0.717, 1.165) is 29.2 Å². The van der Waals surface area contributed by atoms with Crippen LogP contribution in [0, 0.1) is 5.92 Å². The van der Waals surface area contributed by atoms with Crippen molar-refractivity contribution in [2.45, 2.75) is 24.8 Å². The first-order chi connectivity index (χ1) is 13.1. The molecule has 2 N–H and O–H groups in total. The fraction of sp³-hybridized carbons (Fsp3) is 0.217. The van der Waals surface area contributed by atoms with Crippen LogP contribution in [0.5, 0.6) is 0 Å². The number of fused-ring (bicyclic) bond motifs is 1. The Hall–Kier alpha value is -3.14. The second-order valence-electron chi connectivity index (χ2n) is 7.05. The number of amides is 1. The minimum Gasteiger partial charge on any atom is -0.479 e. The van der Waals surface area contributed by atoms with E-state index in [1.165, 1.54) is 0 Å². The largest absolute Gasteiger partial charge is 0.479 e. The Labute approximate surface area is 157 Å². The molecule has 27 heavy (non-hydrogen) atoms. The lowest BCUT2D eigenvalue weighted by atomic mass is 9.69. The molecule has 3 aromatic rings. The Morgan fingerprint density at radius 1 is 0.889 bits per heavy atom. The highest BCUT2D eigenvalue weighted by Crippen LogP contribution is 2.42. The predicted octanol–water partition coefficient (Wildman–Crippen LogP) is 4.28. The van der Waals surface area contributed by atoms with Crippen LogP contribution in [-0.4, -0.2) is 17.0 Å². The highest BCUT2D eigenvalue weighted by molar-refractivity contribution is 5.93. The molecule has 1 amide bonds. The van der Waals surface area contributed by atoms with Gasteiger partial charge >= 0.3 is 5.97 Å². The zero-order valence-corrected chi connectivity index (χ0v) is 14.8. The van der Waals surface area contributed by atoms with Gasteiger partial charge in [-0.3, -0.25) is 4.79 Å². The van der Waals surface area contributed by atoms with Gasteiger partial charge in [-0.15, -0.1) is 0 Å². The quantitative estimate of drug-likeness (QED) is 0.715. The number of rotatable bonds is 5. The van der Waals surface area contributed by atoms with Gasteiger partial charge in [0.2, 0.25) is 5.91 Å². The first kappa shape index (κ1) is 17.3. The predicted molar refractivity (Wildman–Crippen MR) is 104 cm³/mol. The van der Waals surface area contributed by atoms with Gasteiger partial charge in [-0.05, 0) is 40.7 Å². The van der Waals surface area contributed by atoms with Crippen molar-refractivity contribution in [1.82, 2.24) is 5.32 Å². The van der Waals surface area contributed by atoms with E-state index in [4.69, 9.17) is 0 Å². The van der Waals surface area contributed by atoms with E-state index in [-0.39, 0.29) is 17.7 Å². The van der Waals surface area contributed by atoms with Crippen molar-refractivity contribution in [3.8, 4) is 0 Å². The van der Waals surface area contributed by atoms with Gasteiger partial charge in [0.15, 0.2) is 6.04 Å². The number of nitrogens with one attached hydrogen (secondary N) is 1. The van der Waals surface area contributed by atoms with Crippen LogP contribution in [0.3, 0.4) is 0 Å². The average Bonchev–Trinajstić information content (AvgIpc) is 2.65. The van der Waals surface area contributed by atoms with Crippen molar-refractivity contribution in [2.75, 3.05) is 0 Å². The molecule has 1 fully saturated rings. The first-order valence-corrected chi connectivity index (χ1v) is 9.21. The van der Waals surface area contributed by atoms with Gasteiger partial charge < -0.3 is 10.4 Å². The summed E-state index contributed by atoms with van der Waals surface area (Å²) in [5.41, 5.74) is 1.76. The van der Waals surface area contributed by atoms with Crippen LogP contribution in [0.15, 0.2) is 72.8 Å². The molecule has 136 valence electrons. The third-order valence-electron chi connectivity index (χ3n) is 5.51. The van der Waals surface area contributed by atoms with Gasteiger partial charge in [0, 0.05) is 5.92 Å². The van der Waals surface area contributed by atoms with E-state index in [1.807, 2.05) is 66.7 Å². The molecule has 0 spiro atoms. The molecule has 0 radical (unpaired) electrons. The molecule has 3 unspecified atom stereocenters. The zero-order valence-electron chi connectivity index (χ0n) is 14.8. The molecule has 1 aliphatic carbocycles. The Balaban J connectivity index is 1.59. The minimum absolute atomic E-state index is 0.160. The maximum atomic E-state index is 12.9. The molecule has 0 aliphatic heterocycles. The number of carboxylic acids is 1. The van der Waals surface area contributed by atoms with Crippen molar-refractivity contribution in [3.05, 3.63) is 83.9 Å². The number of aliphatic carboxylic acids is 1. The summed E-state index contributed by atoms with van der Waals surface area (Å²) < 4.78 is 0. The van der Waals surface area contributed by atoms with Gasteiger partial charge in [-0.25, -0.2) is 4.79 Å². The van der Waals surface area contributed by atoms with Crippen molar-refractivity contribution in [3.63, 3.8) is 0 Å². The monoisotopic (exact) mass is 359 g/mol. The summed E-state index contributed by atoms with van der Waals surface area (Å²) in [5, 5.41) is 14.4. The number of carboxylic acid groups (broad SMARTS) is 1. The van der Waals surface area contributed by atoms with Crippen LogP contribution in [0.2, 0.25) is 0 Å². The van der Waals surface area contributed by atoms with Crippen LogP contribution >= 0.6 is 0 Å². The fourth-order valence-electron chi connectivity index (χ4n) is 3.94. The van der Waals surface area contributed by atoms with Crippen LogP contribution in [0.1, 0.15) is 35.9 Å². The molecule has 4 heteroatoms. The van der Waals surface area contributed by atoms with E-state index < -0.39 is 12.0 Å². The van der Waals surface area contributed by atoms with Crippen LogP contribution < -0.4 is 5.32 Å². The van der Waals surface area contributed by atoms with Gasteiger partial charge in [0.25, 0.3) is 0 Å². The summed E-state index contributed by atoms with van der Waals surface area (Å²) >= 11 is 0. The molecular formula is C23H21NO3. The summed E-state index contributed by atoms with van der Waals surface area (Å²) in [5.74, 6) is -1.25. The summed E-state index contributed by atoms with van der Waals surface area (Å²) in [4.78, 5) is 24.8. The summed E-state index contributed by atoms with van der Waals surface area (Å²) in [7, 11) is 0. The first-order valence-electron chi connectivity index (χ1n) is 9.21. The fourth-order valence-corrected chi connectivity index (χ4v) is 3.94. The molecule has 0 saturated heterocycles. The average molecular weight is 359 g/mol. The Morgan fingerprint density at radius 3 is 2.30 bits per heavy atom. The highest BCUT2D eigenvalue weighted by atomic mass is 16.4. The standard InChI is InChI=1S/C23H21NO3/c25-22(20-14-13-18(20)15-7-2-1-3-8-15)24-21(23(26)27)19-12-6-10-16-9-4-5-11-17(16)19/h1-12,18,20-21H,13-14H2,(H,24,25)(H,26,27). The van der Waals surface area contributed by atoms with Gasteiger partial charge in [-0.1, -0.05) is 72.8 Å². The molecule has 3 aromatic carbocycles. The molecule has 0 heterocycles.